The van der Waals surface area contributed by atoms with Crippen LogP contribution in [0.25, 0.3) is 0 Å². The minimum absolute atomic E-state index is 0.531. The molecule has 1 aliphatic rings. The summed E-state index contributed by atoms with van der Waals surface area (Å²) in [5, 5.41) is 0.592. The molecule has 15 heavy (non-hydrogen) atoms. The van der Waals surface area contributed by atoms with Crippen LogP contribution in [0.3, 0.4) is 0 Å². The Balaban J connectivity index is 2.27. The highest BCUT2D eigenvalue weighted by molar-refractivity contribution is 6.29. The molecule has 3 heteroatoms. The first kappa shape index (κ1) is 10.9. The number of pyridine rings is 1. The molecule has 2 rings (SSSR count). The molecule has 1 aromatic heterocycles. The Kier molecular flexibility index (Phi) is 3.27. The molecular formula is C12H17ClN2. The molecule has 1 aromatic rings. The van der Waals surface area contributed by atoms with Crippen molar-refractivity contribution in [3.05, 3.63) is 28.5 Å². The Hall–Kier alpha value is -0.600. The predicted octanol–water partition coefficient (Wildman–Crippen LogP) is 3.20. The first-order valence-electron chi connectivity index (χ1n) is 5.51. The second kappa shape index (κ2) is 4.50. The standard InChI is InChI=1S/C12H17ClN2/c1-9-7-12(13)14-8-10(9)11-5-3-4-6-15(11)2/h7-8,11H,3-6H2,1-2H3/t11-/m0/s1. The van der Waals surface area contributed by atoms with Gasteiger partial charge in [0.15, 0.2) is 0 Å². The monoisotopic (exact) mass is 224 g/mol. The summed E-state index contributed by atoms with van der Waals surface area (Å²) < 4.78 is 0. The van der Waals surface area contributed by atoms with Crippen molar-refractivity contribution in [3.8, 4) is 0 Å². The van der Waals surface area contributed by atoms with Gasteiger partial charge in [-0.05, 0) is 50.6 Å². The van der Waals surface area contributed by atoms with Gasteiger partial charge in [-0.25, -0.2) is 4.98 Å². The van der Waals surface area contributed by atoms with Crippen LogP contribution in [0.15, 0.2) is 12.3 Å². The van der Waals surface area contributed by atoms with Crippen LogP contribution in [-0.2, 0) is 0 Å². The van der Waals surface area contributed by atoms with Crippen LogP contribution in [0, 0.1) is 6.92 Å². The second-order valence-corrected chi connectivity index (χ2v) is 4.74. The Morgan fingerprint density at radius 1 is 1.47 bits per heavy atom. The number of halogens is 1. The van der Waals surface area contributed by atoms with Gasteiger partial charge < -0.3 is 0 Å². The van der Waals surface area contributed by atoms with E-state index in [4.69, 9.17) is 11.6 Å². The van der Waals surface area contributed by atoms with E-state index in [1.165, 1.54) is 36.9 Å². The number of piperidine rings is 1. The van der Waals surface area contributed by atoms with Gasteiger partial charge in [-0.2, -0.15) is 0 Å². The van der Waals surface area contributed by atoms with Crippen molar-refractivity contribution in [1.82, 2.24) is 9.88 Å². The van der Waals surface area contributed by atoms with Gasteiger partial charge in [0, 0.05) is 12.2 Å². The van der Waals surface area contributed by atoms with Gasteiger partial charge in [0.2, 0.25) is 0 Å². The molecule has 82 valence electrons. The predicted molar refractivity (Wildman–Crippen MR) is 63.2 cm³/mol. The Labute approximate surface area is 96.3 Å². The van der Waals surface area contributed by atoms with E-state index in [9.17, 15) is 0 Å². The summed E-state index contributed by atoms with van der Waals surface area (Å²) in [5.41, 5.74) is 2.59. The molecule has 2 nitrogen and oxygen atoms in total. The fourth-order valence-corrected chi connectivity index (χ4v) is 2.56. The molecule has 0 N–H and O–H groups in total. The molecule has 1 aliphatic heterocycles. The number of aryl methyl sites for hydroxylation is 1. The molecule has 1 saturated heterocycles. The first-order valence-corrected chi connectivity index (χ1v) is 5.88. The van der Waals surface area contributed by atoms with E-state index >= 15 is 0 Å². The third-order valence-electron chi connectivity index (χ3n) is 3.25. The van der Waals surface area contributed by atoms with E-state index in [0.717, 1.165) is 0 Å². The summed E-state index contributed by atoms with van der Waals surface area (Å²) >= 11 is 5.87. The van der Waals surface area contributed by atoms with Gasteiger partial charge in [-0.15, -0.1) is 0 Å². The maximum atomic E-state index is 5.87. The molecule has 0 saturated carbocycles. The van der Waals surface area contributed by atoms with Gasteiger partial charge in [-0.3, -0.25) is 4.90 Å². The Bertz CT molecular complexity index is 351. The largest absolute Gasteiger partial charge is 0.299 e. The molecule has 0 radical (unpaired) electrons. The van der Waals surface area contributed by atoms with Crippen LogP contribution in [-0.4, -0.2) is 23.5 Å². The molecule has 1 atom stereocenters. The lowest BCUT2D eigenvalue weighted by Gasteiger charge is -2.33. The van der Waals surface area contributed by atoms with Crippen molar-refractivity contribution in [3.63, 3.8) is 0 Å². The number of aromatic nitrogens is 1. The van der Waals surface area contributed by atoms with Crippen LogP contribution in [0.5, 0.6) is 0 Å². The molecule has 0 aromatic carbocycles. The van der Waals surface area contributed by atoms with Gasteiger partial charge in [-0.1, -0.05) is 18.0 Å². The third-order valence-corrected chi connectivity index (χ3v) is 3.45. The minimum atomic E-state index is 0.531. The summed E-state index contributed by atoms with van der Waals surface area (Å²) in [4.78, 5) is 6.61. The lowest BCUT2D eigenvalue weighted by atomic mass is 9.94. The lowest BCUT2D eigenvalue weighted by molar-refractivity contribution is 0.186. The van der Waals surface area contributed by atoms with Crippen molar-refractivity contribution in [2.45, 2.75) is 32.2 Å². The maximum Gasteiger partial charge on any atom is 0.129 e. The SMILES string of the molecule is Cc1cc(Cl)ncc1[C@@H]1CCCCN1C. The van der Waals surface area contributed by atoms with Crippen LogP contribution in [0.1, 0.15) is 36.4 Å². The van der Waals surface area contributed by atoms with Gasteiger partial charge in [0.1, 0.15) is 5.15 Å². The highest BCUT2D eigenvalue weighted by Crippen LogP contribution is 2.31. The number of rotatable bonds is 1. The number of nitrogens with zero attached hydrogens (tertiary/aromatic N) is 2. The smallest absolute Gasteiger partial charge is 0.129 e. The van der Waals surface area contributed by atoms with Crippen LogP contribution < -0.4 is 0 Å². The first-order chi connectivity index (χ1) is 7.18. The summed E-state index contributed by atoms with van der Waals surface area (Å²) in [5.74, 6) is 0. The van der Waals surface area contributed by atoms with Crippen molar-refractivity contribution in [1.29, 1.82) is 0 Å². The minimum Gasteiger partial charge on any atom is -0.299 e. The summed E-state index contributed by atoms with van der Waals surface area (Å²) in [6.07, 6.45) is 5.80. The van der Waals surface area contributed by atoms with E-state index in [-0.39, 0.29) is 0 Å². The molecule has 2 heterocycles. The van der Waals surface area contributed by atoms with E-state index in [1.807, 2.05) is 12.3 Å². The maximum absolute atomic E-state index is 5.87. The molecule has 1 fully saturated rings. The quantitative estimate of drug-likeness (QED) is 0.681. The van der Waals surface area contributed by atoms with Crippen LogP contribution in [0.4, 0.5) is 0 Å². The highest BCUT2D eigenvalue weighted by Gasteiger charge is 2.22. The normalized spacial score (nSPS) is 23.0. The number of likely N-dealkylation sites (tertiary alicyclic amines) is 1. The van der Waals surface area contributed by atoms with E-state index < -0.39 is 0 Å². The molecule has 0 bridgehead atoms. The van der Waals surface area contributed by atoms with Crippen LogP contribution >= 0.6 is 11.6 Å². The van der Waals surface area contributed by atoms with Crippen molar-refractivity contribution >= 4 is 11.6 Å². The van der Waals surface area contributed by atoms with E-state index in [1.54, 1.807) is 0 Å². The summed E-state index contributed by atoms with van der Waals surface area (Å²) in [6.45, 7) is 3.30. The molecular weight excluding hydrogens is 208 g/mol. The topological polar surface area (TPSA) is 16.1 Å². The average molecular weight is 225 g/mol. The molecule has 0 amide bonds. The van der Waals surface area contributed by atoms with Crippen molar-refractivity contribution in [2.75, 3.05) is 13.6 Å². The van der Waals surface area contributed by atoms with E-state index in [2.05, 4.69) is 23.9 Å². The third kappa shape index (κ3) is 2.32. The van der Waals surface area contributed by atoms with E-state index in [0.29, 0.717) is 11.2 Å². The lowest BCUT2D eigenvalue weighted by Crippen LogP contribution is -2.30. The molecule has 0 unspecified atom stereocenters. The Morgan fingerprint density at radius 3 is 2.93 bits per heavy atom. The zero-order chi connectivity index (χ0) is 10.8. The summed E-state index contributed by atoms with van der Waals surface area (Å²) in [6, 6.07) is 2.49. The Morgan fingerprint density at radius 2 is 2.27 bits per heavy atom. The van der Waals surface area contributed by atoms with Gasteiger partial charge in [0.25, 0.3) is 0 Å². The number of hydrogen-bond donors (Lipinski definition) is 0. The molecule has 0 spiro atoms. The zero-order valence-electron chi connectivity index (χ0n) is 9.33. The fourth-order valence-electron chi connectivity index (χ4n) is 2.35. The van der Waals surface area contributed by atoms with Crippen molar-refractivity contribution < 1.29 is 0 Å². The second-order valence-electron chi connectivity index (χ2n) is 4.36. The van der Waals surface area contributed by atoms with Gasteiger partial charge >= 0.3 is 0 Å². The number of hydrogen-bond acceptors (Lipinski definition) is 2. The fraction of sp³-hybridized carbons (Fsp3) is 0.583. The van der Waals surface area contributed by atoms with Crippen LogP contribution in [0.2, 0.25) is 5.15 Å². The average Bonchev–Trinajstić information content (AvgIpc) is 2.20. The highest BCUT2D eigenvalue weighted by atomic mass is 35.5. The zero-order valence-corrected chi connectivity index (χ0v) is 10.1. The molecule has 0 aliphatic carbocycles. The summed E-state index contributed by atoms with van der Waals surface area (Å²) in [7, 11) is 2.19. The van der Waals surface area contributed by atoms with Gasteiger partial charge in [0.05, 0.1) is 0 Å². The van der Waals surface area contributed by atoms with Crippen molar-refractivity contribution in [2.24, 2.45) is 0 Å².